The lowest BCUT2D eigenvalue weighted by atomic mass is 9.96. The van der Waals surface area contributed by atoms with Gasteiger partial charge in [-0.3, -0.25) is 10.1 Å². The van der Waals surface area contributed by atoms with Crippen molar-refractivity contribution < 1.29 is 14.0 Å². The molecule has 1 aromatic carbocycles. The number of rotatable bonds is 3. The fraction of sp³-hybridized carbons (Fsp3) is 0.357. The van der Waals surface area contributed by atoms with Gasteiger partial charge in [0.15, 0.2) is 0 Å². The van der Waals surface area contributed by atoms with Crippen LogP contribution in [0.2, 0.25) is 0 Å². The average molecular weight is 275 g/mol. The molecule has 1 aliphatic rings. The second kappa shape index (κ2) is 4.93. The van der Waals surface area contributed by atoms with Crippen molar-refractivity contribution in [2.75, 3.05) is 0 Å². The molecule has 0 bridgehead atoms. The number of hydrogen-bond donors (Lipinski definition) is 1. The molecule has 1 N–H and O–H groups in total. The Labute approximate surface area is 116 Å². The number of benzene rings is 1. The first-order valence-electron chi connectivity index (χ1n) is 6.24. The van der Waals surface area contributed by atoms with E-state index in [0.717, 1.165) is 0 Å². The highest BCUT2D eigenvalue weighted by molar-refractivity contribution is 6.06. The highest BCUT2D eigenvalue weighted by Crippen LogP contribution is 2.28. The molecule has 0 aliphatic carbocycles. The number of nitriles is 1. The quantitative estimate of drug-likeness (QED) is 0.856. The van der Waals surface area contributed by atoms with Gasteiger partial charge in [-0.25, -0.2) is 9.18 Å². The lowest BCUT2D eigenvalue weighted by Crippen LogP contribution is -2.46. The van der Waals surface area contributed by atoms with E-state index in [-0.39, 0.29) is 18.0 Å². The van der Waals surface area contributed by atoms with Gasteiger partial charge in [0.05, 0.1) is 11.6 Å². The molecule has 0 aromatic heterocycles. The van der Waals surface area contributed by atoms with Crippen molar-refractivity contribution in [1.29, 1.82) is 5.26 Å². The number of halogens is 1. The molecule has 1 aromatic rings. The van der Waals surface area contributed by atoms with Gasteiger partial charge in [0.1, 0.15) is 11.4 Å². The monoisotopic (exact) mass is 275 g/mol. The predicted molar refractivity (Wildman–Crippen MR) is 68.9 cm³/mol. The van der Waals surface area contributed by atoms with Crippen LogP contribution in [0, 0.1) is 17.1 Å². The van der Waals surface area contributed by atoms with Crippen LogP contribution in [0.5, 0.6) is 0 Å². The smallest absolute Gasteiger partial charge is 0.306 e. The Morgan fingerprint density at radius 3 is 2.75 bits per heavy atom. The number of carbonyl (C=O) groups excluding carboxylic acids is 2. The molecule has 0 saturated carbocycles. The molecule has 5 nitrogen and oxygen atoms in total. The summed E-state index contributed by atoms with van der Waals surface area (Å²) in [7, 11) is 0. The molecule has 1 atom stereocenters. The fourth-order valence-corrected chi connectivity index (χ4v) is 2.22. The summed E-state index contributed by atoms with van der Waals surface area (Å²) in [5, 5.41) is 11.3. The topological polar surface area (TPSA) is 73.2 Å². The van der Waals surface area contributed by atoms with Crippen LogP contribution >= 0.6 is 0 Å². The molecule has 1 heterocycles. The molecule has 1 fully saturated rings. The zero-order valence-corrected chi connectivity index (χ0v) is 11.2. The van der Waals surface area contributed by atoms with Gasteiger partial charge < -0.3 is 4.90 Å². The molecule has 104 valence electrons. The summed E-state index contributed by atoms with van der Waals surface area (Å²) >= 11 is 0. The first-order valence-corrected chi connectivity index (χ1v) is 6.24. The second-order valence-corrected chi connectivity index (χ2v) is 4.89. The van der Waals surface area contributed by atoms with Crippen molar-refractivity contribution in [3.8, 4) is 6.07 Å². The Bertz CT molecular complexity index is 623. The molecular formula is C14H14FN3O2. The summed E-state index contributed by atoms with van der Waals surface area (Å²) in [5.74, 6) is -0.858. The lowest BCUT2D eigenvalue weighted by molar-refractivity contribution is -0.126. The van der Waals surface area contributed by atoms with Crippen molar-refractivity contribution >= 4 is 11.9 Å². The van der Waals surface area contributed by atoms with Crippen molar-refractivity contribution in [2.45, 2.75) is 32.4 Å². The number of urea groups is 1. The largest absolute Gasteiger partial charge is 0.325 e. The number of carbonyl (C=O) groups is 2. The Morgan fingerprint density at radius 2 is 2.15 bits per heavy atom. The van der Waals surface area contributed by atoms with E-state index in [1.165, 1.54) is 23.1 Å². The first-order chi connectivity index (χ1) is 9.42. The SMILES string of the molecule is CCC1(C)C(=O)NC(=O)N1Cc1cc(F)ccc1C#N. The van der Waals surface area contributed by atoms with Gasteiger partial charge in [0.2, 0.25) is 0 Å². The molecule has 20 heavy (non-hydrogen) atoms. The zero-order valence-electron chi connectivity index (χ0n) is 11.2. The van der Waals surface area contributed by atoms with E-state index in [1.54, 1.807) is 13.8 Å². The van der Waals surface area contributed by atoms with Gasteiger partial charge in [-0.1, -0.05) is 6.92 Å². The molecule has 1 aliphatic heterocycles. The van der Waals surface area contributed by atoms with Crippen molar-refractivity contribution in [3.05, 3.63) is 35.1 Å². The van der Waals surface area contributed by atoms with Crippen LogP contribution in [0.3, 0.4) is 0 Å². The normalized spacial score (nSPS) is 21.8. The number of nitrogens with zero attached hydrogens (tertiary/aromatic N) is 2. The fourth-order valence-electron chi connectivity index (χ4n) is 2.22. The summed E-state index contributed by atoms with van der Waals surface area (Å²) in [4.78, 5) is 25.1. The minimum absolute atomic E-state index is 0.0164. The number of amides is 3. The van der Waals surface area contributed by atoms with Gasteiger partial charge in [0, 0.05) is 6.54 Å². The van der Waals surface area contributed by atoms with Gasteiger partial charge >= 0.3 is 6.03 Å². The Morgan fingerprint density at radius 1 is 1.45 bits per heavy atom. The molecule has 0 radical (unpaired) electrons. The van der Waals surface area contributed by atoms with Crippen molar-refractivity contribution in [2.24, 2.45) is 0 Å². The van der Waals surface area contributed by atoms with Gasteiger partial charge in [0.25, 0.3) is 5.91 Å². The minimum atomic E-state index is -0.976. The summed E-state index contributed by atoms with van der Waals surface area (Å²) in [6.45, 7) is 3.46. The van der Waals surface area contributed by atoms with E-state index in [4.69, 9.17) is 5.26 Å². The van der Waals surface area contributed by atoms with Crippen LogP contribution in [0.1, 0.15) is 31.4 Å². The van der Waals surface area contributed by atoms with Crippen molar-refractivity contribution in [3.63, 3.8) is 0 Å². The van der Waals surface area contributed by atoms with E-state index in [9.17, 15) is 14.0 Å². The third kappa shape index (κ3) is 2.11. The van der Waals surface area contributed by atoms with Crippen LogP contribution in [0.4, 0.5) is 9.18 Å². The van der Waals surface area contributed by atoms with Crippen molar-refractivity contribution in [1.82, 2.24) is 10.2 Å². The minimum Gasteiger partial charge on any atom is -0.306 e. The van der Waals surface area contributed by atoms with E-state index in [1.807, 2.05) is 6.07 Å². The third-order valence-electron chi connectivity index (χ3n) is 3.76. The number of nitrogens with one attached hydrogen (secondary N) is 1. The van der Waals surface area contributed by atoms with Gasteiger partial charge in [-0.15, -0.1) is 0 Å². The van der Waals surface area contributed by atoms with E-state index >= 15 is 0 Å². The Kier molecular flexibility index (Phi) is 3.45. The maximum Gasteiger partial charge on any atom is 0.325 e. The van der Waals surface area contributed by atoms with E-state index < -0.39 is 17.4 Å². The lowest BCUT2D eigenvalue weighted by Gasteiger charge is -2.31. The third-order valence-corrected chi connectivity index (χ3v) is 3.76. The Hall–Kier alpha value is -2.42. The second-order valence-electron chi connectivity index (χ2n) is 4.89. The van der Waals surface area contributed by atoms with E-state index in [2.05, 4.69) is 5.32 Å². The number of imide groups is 1. The summed E-state index contributed by atoms with van der Waals surface area (Å²) in [5.41, 5.74) is -0.301. The highest BCUT2D eigenvalue weighted by Gasteiger charge is 2.47. The molecular weight excluding hydrogens is 261 g/mol. The van der Waals surface area contributed by atoms with Crippen LogP contribution < -0.4 is 5.32 Å². The molecule has 3 amide bonds. The zero-order chi connectivity index (χ0) is 14.9. The van der Waals surface area contributed by atoms with Crippen LogP contribution in [0.25, 0.3) is 0 Å². The molecule has 0 spiro atoms. The maximum atomic E-state index is 13.3. The highest BCUT2D eigenvalue weighted by atomic mass is 19.1. The first kappa shape index (κ1) is 14.0. The maximum absolute atomic E-state index is 13.3. The standard InChI is InChI=1S/C14H14FN3O2/c1-3-14(2)12(19)17-13(20)18(14)8-10-6-11(15)5-4-9(10)7-16/h4-6H,3,8H2,1-2H3,(H,17,19,20). The molecule has 1 unspecified atom stereocenters. The van der Waals surface area contributed by atoms with Crippen LogP contribution in [-0.2, 0) is 11.3 Å². The van der Waals surface area contributed by atoms with Gasteiger partial charge in [-0.05, 0) is 37.1 Å². The molecule has 2 rings (SSSR count). The van der Waals surface area contributed by atoms with Gasteiger partial charge in [-0.2, -0.15) is 5.26 Å². The summed E-state index contributed by atoms with van der Waals surface area (Å²) < 4.78 is 13.3. The molecule has 1 saturated heterocycles. The number of hydrogen-bond acceptors (Lipinski definition) is 3. The molecule has 6 heteroatoms. The predicted octanol–water partition coefficient (Wildman–Crippen LogP) is 1.92. The Balaban J connectivity index is 2.39. The van der Waals surface area contributed by atoms with Crippen LogP contribution in [-0.4, -0.2) is 22.4 Å². The average Bonchev–Trinajstić information content (AvgIpc) is 2.63. The van der Waals surface area contributed by atoms with Crippen LogP contribution in [0.15, 0.2) is 18.2 Å². The summed E-state index contributed by atoms with van der Waals surface area (Å²) in [6.07, 6.45) is 0.432. The summed E-state index contributed by atoms with van der Waals surface area (Å²) in [6, 6.07) is 5.21. The van der Waals surface area contributed by atoms with E-state index in [0.29, 0.717) is 12.0 Å².